The minimum Gasteiger partial charge on any atom is -0.472 e. The largest absolute Gasteiger partial charge is 0.472 e. The molecule has 2 aliphatic rings. The van der Waals surface area contributed by atoms with E-state index in [9.17, 15) is 0 Å². The third kappa shape index (κ3) is 3.23. The Morgan fingerprint density at radius 2 is 2.14 bits per heavy atom. The van der Waals surface area contributed by atoms with Crippen LogP contribution in [0, 0.1) is 5.92 Å². The predicted molar refractivity (Wildman–Crippen MR) is 80.1 cm³/mol. The Morgan fingerprint density at radius 3 is 2.77 bits per heavy atom. The predicted octanol–water partition coefficient (Wildman–Crippen LogP) is 3.48. The Balaban J connectivity index is 1.69. The van der Waals surface area contributed by atoms with Gasteiger partial charge in [0.15, 0.2) is 12.1 Å². The van der Waals surface area contributed by atoms with Gasteiger partial charge in [0.05, 0.1) is 25.2 Å². The maximum Gasteiger partial charge on any atom is 0.190 e. The molecule has 1 unspecified atom stereocenters. The summed E-state index contributed by atoms with van der Waals surface area (Å²) < 4.78 is 29.4. The molecule has 3 rings (SSSR count). The second-order valence-electron chi connectivity index (χ2n) is 6.77. The van der Waals surface area contributed by atoms with Gasteiger partial charge in [-0.2, -0.15) is 0 Å². The first-order valence-electron chi connectivity index (χ1n) is 8.14. The van der Waals surface area contributed by atoms with Crippen LogP contribution in [0.5, 0.6) is 0 Å². The van der Waals surface area contributed by atoms with Gasteiger partial charge in [0, 0.05) is 5.56 Å². The molecule has 124 valence electrons. The first-order valence-corrected chi connectivity index (χ1v) is 8.14. The summed E-state index contributed by atoms with van der Waals surface area (Å²) >= 11 is 0. The number of fused-ring (bicyclic) bond motifs is 1. The number of furan rings is 1. The lowest BCUT2D eigenvalue weighted by Crippen LogP contribution is -2.38. The molecule has 0 aliphatic carbocycles. The van der Waals surface area contributed by atoms with Crippen LogP contribution in [0.3, 0.4) is 0 Å². The molecule has 3 heterocycles. The average molecular weight is 310 g/mol. The molecule has 1 aromatic heterocycles. The van der Waals surface area contributed by atoms with Crippen LogP contribution in [0.2, 0.25) is 0 Å². The van der Waals surface area contributed by atoms with Crippen LogP contribution in [0.1, 0.15) is 46.1 Å². The summed E-state index contributed by atoms with van der Waals surface area (Å²) in [6, 6.07) is 1.91. The van der Waals surface area contributed by atoms with Gasteiger partial charge in [-0.25, -0.2) is 0 Å². The van der Waals surface area contributed by atoms with E-state index in [0.29, 0.717) is 12.5 Å². The molecule has 5 atom stereocenters. The van der Waals surface area contributed by atoms with E-state index in [1.54, 1.807) is 12.5 Å². The van der Waals surface area contributed by atoms with E-state index in [1.165, 1.54) is 0 Å². The van der Waals surface area contributed by atoms with Crippen molar-refractivity contribution >= 4 is 0 Å². The summed E-state index contributed by atoms with van der Waals surface area (Å²) in [7, 11) is 0. The van der Waals surface area contributed by atoms with Crippen molar-refractivity contribution in [3.63, 3.8) is 0 Å². The molecule has 0 aromatic carbocycles. The highest BCUT2D eigenvalue weighted by molar-refractivity contribution is 5.04. The molecule has 2 saturated heterocycles. The van der Waals surface area contributed by atoms with Crippen molar-refractivity contribution in [2.24, 2.45) is 5.92 Å². The standard InChI is InChI=1S/C17H26O5/c1-5-17(4)21-15-14(19-10-12-6-7-18-9-12)13(8-11(2)3)20-16(15)22-17/h6-7,9,11,13-16H,5,8,10H2,1-4H3/t13-,14+,15-,16-,17?/m1/s1. The van der Waals surface area contributed by atoms with E-state index in [1.807, 2.05) is 19.9 Å². The summed E-state index contributed by atoms with van der Waals surface area (Å²) in [6.07, 6.45) is 4.46. The van der Waals surface area contributed by atoms with Crippen LogP contribution in [0.4, 0.5) is 0 Å². The maximum atomic E-state index is 6.12. The summed E-state index contributed by atoms with van der Waals surface area (Å²) in [6.45, 7) is 8.87. The average Bonchev–Trinajstić information content (AvgIpc) is 3.13. The molecule has 2 aliphatic heterocycles. The van der Waals surface area contributed by atoms with Gasteiger partial charge in [-0.15, -0.1) is 0 Å². The topological polar surface area (TPSA) is 50.1 Å². The molecule has 0 spiro atoms. The van der Waals surface area contributed by atoms with Crippen molar-refractivity contribution in [3.8, 4) is 0 Å². The molecule has 0 saturated carbocycles. The smallest absolute Gasteiger partial charge is 0.190 e. The maximum absolute atomic E-state index is 6.12. The molecule has 2 fully saturated rings. The number of hydrogen-bond acceptors (Lipinski definition) is 5. The zero-order valence-electron chi connectivity index (χ0n) is 13.8. The third-order valence-corrected chi connectivity index (χ3v) is 4.39. The van der Waals surface area contributed by atoms with Crippen LogP contribution in [-0.2, 0) is 25.6 Å². The van der Waals surface area contributed by atoms with E-state index in [0.717, 1.165) is 18.4 Å². The monoisotopic (exact) mass is 310 g/mol. The second-order valence-corrected chi connectivity index (χ2v) is 6.77. The summed E-state index contributed by atoms with van der Waals surface area (Å²) in [5.74, 6) is -0.0449. The molecule has 0 bridgehead atoms. The Bertz CT molecular complexity index is 471. The molecule has 0 amide bonds. The summed E-state index contributed by atoms with van der Waals surface area (Å²) in [5.41, 5.74) is 1.02. The Kier molecular flexibility index (Phi) is 4.59. The molecule has 0 radical (unpaired) electrons. The fourth-order valence-corrected chi connectivity index (χ4v) is 3.06. The van der Waals surface area contributed by atoms with Gasteiger partial charge >= 0.3 is 0 Å². The molecular formula is C17H26O5. The molecule has 1 aromatic rings. The molecule has 22 heavy (non-hydrogen) atoms. The highest BCUT2D eigenvalue weighted by atomic mass is 16.8. The number of ether oxygens (including phenoxy) is 4. The lowest BCUT2D eigenvalue weighted by molar-refractivity contribution is -0.230. The molecular weight excluding hydrogens is 284 g/mol. The molecule has 5 nitrogen and oxygen atoms in total. The fourth-order valence-electron chi connectivity index (χ4n) is 3.06. The van der Waals surface area contributed by atoms with Crippen molar-refractivity contribution in [3.05, 3.63) is 24.2 Å². The van der Waals surface area contributed by atoms with Gasteiger partial charge in [0.2, 0.25) is 0 Å². The van der Waals surface area contributed by atoms with Crippen LogP contribution < -0.4 is 0 Å². The zero-order valence-corrected chi connectivity index (χ0v) is 13.8. The molecule has 5 heteroatoms. The Hall–Kier alpha value is -0.880. The van der Waals surface area contributed by atoms with Crippen molar-refractivity contribution in [2.45, 2.75) is 77.5 Å². The van der Waals surface area contributed by atoms with Gasteiger partial charge in [0.1, 0.15) is 12.2 Å². The first kappa shape index (κ1) is 16.0. The Morgan fingerprint density at radius 1 is 1.32 bits per heavy atom. The highest BCUT2D eigenvalue weighted by Crippen LogP contribution is 2.41. The Labute approximate surface area is 131 Å². The van der Waals surface area contributed by atoms with Crippen LogP contribution in [0.15, 0.2) is 23.0 Å². The van der Waals surface area contributed by atoms with E-state index in [4.69, 9.17) is 23.4 Å². The molecule has 0 N–H and O–H groups in total. The van der Waals surface area contributed by atoms with Crippen molar-refractivity contribution < 1.29 is 23.4 Å². The van der Waals surface area contributed by atoms with Gasteiger partial charge < -0.3 is 23.4 Å². The third-order valence-electron chi connectivity index (χ3n) is 4.39. The lowest BCUT2D eigenvalue weighted by Gasteiger charge is -2.28. The van der Waals surface area contributed by atoms with Crippen molar-refractivity contribution in [1.29, 1.82) is 0 Å². The van der Waals surface area contributed by atoms with Crippen LogP contribution in [-0.4, -0.2) is 30.4 Å². The van der Waals surface area contributed by atoms with Crippen LogP contribution >= 0.6 is 0 Å². The van der Waals surface area contributed by atoms with E-state index in [2.05, 4.69) is 13.8 Å². The van der Waals surface area contributed by atoms with Crippen molar-refractivity contribution in [2.75, 3.05) is 0 Å². The fraction of sp³-hybridized carbons (Fsp3) is 0.765. The summed E-state index contributed by atoms with van der Waals surface area (Å²) in [5, 5.41) is 0. The quantitative estimate of drug-likeness (QED) is 0.805. The highest BCUT2D eigenvalue weighted by Gasteiger charge is 2.56. The van der Waals surface area contributed by atoms with Gasteiger partial charge in [-0.1, -0.05) is 20.8 Å². The van der Waals surface area contributed by atoms with E-state index < -0.39 is 5.79 Å². The second kappa shape index (κ2) is 6.32. The SMILES string of the molecule is CCC1(C)O[C@H]2O[C@H](CC(C)C)[C@H](OCc3ccoc3)[C@H]2O1. The zero-order chi connectivity index (χ0) is 15.7. The van der Waals surface area contributed by atoms with Gasteiger partial charge in [-0.3, -0.25) is 0 Å². The minimum atomic E-state index is -0.574. The number of rotatable bonds is 6. The lowest BCUT2D eigenvalue weighted by atomic mass is 10.0. The van der Waals surface area contributed by atoms with E-state index in [-0.39, 0.29) is 24.6 Å². The van der Waals surface area contributed by atoms with Gasteiger partial charge in [0.25, 0.3) is 0 Å². The van der Waals surface area contributed by atoms with Gasteiger partial charge in [-0.05, 0) is 31.7 Å². The normalized spacial score (nSPS) is 37.9. The first-order chi connectivity index (χ1) is 10.5. The van der Waals surface area contributed by atoms with Crippen molar-refractivity contribution in [1.82, 2.24) is 0 Å². The number of hydrogen-bond donors (Lipinski definition) is 0. The van der Waals surface area contributed by atoms with E-state index >= 15 is 0 Å². The minimum absolute atomic E-state index is 0.00306. The summed E-state index contributed by atoms with van der Waals surface area (Å²) in [4.78, 5) is 0. The van der Waals surface area contributed by atoms with Crippen LogP contribution in [0.25, 0.3) is 0 Å².